The summed E-state index contributed by atoms with van der Waals surface area (Å²) in [5.74, 6) is 0.614. The van der Waals surface area contributed by atoms with Crippen LogP contribution in [0.25, 0.3) is 11.1 Å². The smallest absolute Gasteiger partial charge is 0.350 e. The quantitative estimate of drug-likeness (QED) is 0.608. The van der Waals surface area contributed by atoms with Crippen molar-refractivity contribution in [2.45, 2.75) is 38.4 Å². The summed E-state index contributed by atoms with van der Waals surface area (Å²) in [7, 11) is 3.07. The van der Waals surface area contributed by atoms with Crippen LogP contribution in [0, 0.1) is 0 Å². The van der Waals surface area contributed by atoms with Crippen molar-refractivity contribution in [3.63, 3.8) is 0 Å². The van der Waals surface area contributed by atoms with E-state index in [0.29, 0.717) is 42.3 Å². The SMILES string of the molecule is CCCOC(=O)C1(Oc2c(-c3ccc4c(c3)COC4=O)ccc(OC)c2OC)CC1. The summed E-state index contributed by atoms with van der Waals surface area (Å²) in [6.45, 7) is 2.53. The molecule has 0 bridgehead atoms. The predicted molar refractivity (Wildman–Crippen MR) is 108 cm³/mol. The molecule has 1 saturated carbocycles. The number of ether oxygens (including phenoxy) is 5. The van der Waals surface area contributed by atoms with E-state index in [-0.39, 0.29) is 18.5 Å². The number of hydrogen-bond donors (Lipinski definition) is 0. The van der Waals surface area contributed by atoms with Crippen LogP contribution < -0.4 is 14.2 Å². The number of benzene rings is 2. The summed E-state index contributed by atoms with van der Waals surface area (Å²) < 4.78 is 27.8. The first kappa shape index (κ1) is 20.1. The van der Waals surface area contributed by atoms with Gasteiger partial charge in [0, 0.05) is 24.0 Å². The van der Waals surface area contributed by atoms with Crippen LogP contribution in [0.15, 0.2) is 30.3 Å². The monoisotopic (exact) mass is 412 g/mol. The Morgan fingerprint density at radius 1 is 1.07 bits per heavy atom. The zero-order valence-electron chi connectivity index (χ0n) is 17.3. The van der Waals surface area contributed by atoms with Crippen molar-refractivity contribution < 1.29 is 33.3 Å². The van der Waals surface area contributed by atoms with E-state index >= 15 is 0 Å². The number of methoxy groups -OCH3 is 2. The Hall–Kier alpha value is -3.22. The number of carbonyl (C=O) groups excluding carboxylic acids is 2. The minimum atomic E-state index is -1.01. The fourth-order valence-electron chi connectivity index (χ4n) is 3.51. The maximum Gasteiger partial charge on any atom is 0.350 e. The van der Waals surface area contributed by atoms with Gasteiger partial charge < -0.3 is 23.7 Å². The molecular formula is C23H24O7. The second kappa shape index (κ2) is 7.89. The molecule has 1 heterocycles. The molecular weight excluding hydrogens is 388 g/mol. The number of rotatable bonds is 8. The second-order valence-electron chi connectivity index (χ2n) is 7.36. The van der Waals surface area contributed by atoms with Crippen molar-refractivity contribution in [1.82, 2.24) is 0 Å². The molecule has 2 aliphatic rings. The lowest BCUT2D eigenvalue weighted by molar-refractivity contribution is -0.154. The van der Waals surface area contributed by atoms with Crippen LogP contribution in [0.2, 0.25) is 0 Å². The van der Waals surface area contributed by atoms with Gasteiger partial charge in [-0.2, -0.15) is 0 Å². The van der Waals surface area contributed by atoms with E-state index in [1.165, 1.54) is 7.11 Å². The fourth-order valence-corrected chi connectivity index (χ4v) is 3.51. The fraction of sp³-hybridized carbons (Fsp3) is 0.391. The summed E-state index contributed by atoms with van der Waals surface area (Å²) in [6, 6.07) is 9.09. The Bertz CT molecular complexity index is 991. The van der Waals surface area contributed by atoms with Gasteiger partial charge in [-0.3, -0.25) is 0 Å². The average molecular weight is 412 g/mol. The van der Waals surface area contributed by atoms with Crippen molar-refractivity contribution in [2.24, 2.45) is 0 Å². The highest BCUT2D eigenvalue weighted by Gasteiger charge is 2.55. The van der Waals surface area contributed by atoms with Crippen molar-refractivity contribution in [3.05, 3.63) is 41.5 Å². The first-order valence-corrected chi connectivity index (χ1v) is 9.94. The Kier molecular flexibility index (Phi) is 5.28. The van der Waals surface area contributed by atoms with E-state index in [9.17, 15) is 9.59 Å². The maximum absolute atomic E-state index is 12.6. The van der Waals surface area contributed by atoms with Gasteiger partial charge >= 0.3 is 11.9 Å². The molecule has 7 heteroatoms. The van der Waals surface area contributed by atoms with Gasteiger partial charge in [0.25, 0.3) is 0 Å². The molecule has 0 radical (unpaired) electrons. The molecule has 1 aliphatic heterocycles. The Morgan fingerprint density at radius 3 is 2.50 bits per heavy atom. The summed E-state index contributed by atoms with van der Waals surface area (Å²) in [5.41, 5.74) is 1.90. The largest absolute Gasteiger partial charge is 0.493 e. The van der Waals surface area contributed by atoms with E-state index in [2.05, 4.69) is 0 Å². The highest BCUT2D eigenvalue weighted by atomic mass is 16.6. The third-order valence-electron chi connectivity index (χ3n) is 5.31. The van der Waals surface area contributed by atoms with Crippen LogP contribution in [-0.2, 0) is 20.9 Å². The van der Waals surface area contributed by atoms with Crippen LogP contribution in [0.4, 0.5) is 0 Å². The standard InChI is InChI=1S/C23H24O7/c1-4-11-28-22(25)23(9-10-23)30-19-16(7-8-18(26-2)20(19)27-3)14-5-6-17-15(12-14)13-29-21(17)24/h5-8,12H,4,9-11,13H2,1-3H3. The molecule has 0 N–H and O–H groups in total. The van der Waals surface area contributed by atoms with Crippen molar-refractivity contribution in [3.8, 4) is 28.4 Å². The molecule has 2 aromatic rings. The maximum atomic E-state index is 12.6. The zero-order chi connectivity index (χ0) is 21.3. The molecule has 1 fully saturated rings. The number of esters is 2. The van der Waals surface area contributed by atoms with Gasteiger partial charge in [-0.25, -0.2) is 9.59 Å². The van der Waals surface area contributed by atoms with E-state index in [4.69, 9.17) is 23.7 Å². The summed E-state index contributed by atoms with van der Waals surface area (Å²) in [5, 5.41) is 0. The van der Waals surface area contributed by atoms with Gasteiger partial charge in [-0.05, 0) is 36.2 Å². The van der Waals surface area contributed by atoms with Gasteiger partial charge in [0.05, 0.1) is 26.4 Å². The Labute approximate surface area is 174 Å². The van der Waals surface area contributed by atoms with E-state index in [1.807, 2.05) is 25.1 Å². The summed E-state index contributed by atoms with van der Waals surface area (Å²) in [4.78, 5) is 24.4. The Balaban J connectivity index is 1.77. The average Bonchev–Trinajstić information content (AvgIpc) is 3.47. The van der Waals surface area contributed by atoms with Gasteiger partial charge in [0.1, 0.15) is 6.61 Å². The molecule has 0 aromatic heterocycles. The second-order valence-corrected chi connectivity index (χ2v) is 7.36. The molecule has 2 aromatic carbocycles. The third-order valence-corrected chi connectivity index (χ3v) is 5.31. The topological polar surface area (TPSA) is 80.3 Å². The van der Waals surface area contributed by atoms with Gasteiger partial charge in [0.15, 0.2) is 11.5 Å². The van der Waals surface area contributed by atoms with Crippen molar-refractivity contribution >= 4 is 11.9 Å². The lowest BCUT2D eigenvalue weighted by atomic mass is 9.99. The van der Waals surface area contributed by atoms with Crippen molar-refractivity contribution in [1.29, 1.82) is 0 Å². The van der Waals surface area contributed by atoms with Gasteiger partial charge in [-0.1, -0.05) is 13.0 Å². The van der Waals surface area contributed by atoms with Crippen molar-refractivity contribution in [2.75, 3.05) is 20.8 Å². The molecule has 7 nitrogen and oxygen atoms in total. The number of cyclic esters (lactones) is 1. The minimum Gasteiger partial charge on any atom is -0.493 e. The number of fused-ring (bicyclic) bond motifs is 1. The number of carbonyl (C=O) groups is 2. The molecule has 0 atom stereocenters. The first-order valence-electron chi connectivity index (χ1n) is 9.94. The van der Waals surface area contributed by atoms with Crippen LogP contribution in [0.1, 0.15) is 42.1 Å². The van der Waals surface area contributed by atoms with Gasteiger partial charge in [0.2, 0.25) is 11.4 Å². The van der Waals surface area contributed by atoms with Crippen LogP contribution in [0.5, 0.6) is 17.2 Å². The molecule has 0 unspecified atom stereocenters. The van der Waals surface area contributed by atoms with E-state index in [0.717, 1.165) is 23.1 Å². The Morgan fingerprint density at radius 2 is 1.83 bits per heavy atom. The highest BCUT2D eigenvalue weighted by Crippen LogP contribution is 2.50. The van der Waals surface area contributed by atoms with Crippen LogP contribution in [0.3, 0.4) is 0 Å². The molecule has 1 aliphatic carbocycles. The minimum absolute atomic E-state index is 0.235. The normalized spacial score (nSPS) is 15.8. The lowest BCUT2D eigenvalue weighted by Crippen LogP contribution is -2.32. The molecule has 30 heavy (non-hydrogen) atoms. The zero-order valence-corrected chi connectivity index (χ0v) is 17.3. The van der Waals surface area contributed by atoms with Gasteiger partial charge in [-0.15, -0.1) is 0 Å². The summed E-state index contributed by atoms with van der Waals surface area (Å²) in [6.07, 6.45) is 1.88. The van der Waals surface area contributed by atoms with Crippen LogP contribution >= 0.6 is 0 Å². The summed E-state index contributed by atoms with van der Waals surface area (Å²) >= 11 is 0. The third kappa shape index (κ3) is 3.44. The van der Waals surface area contributed by atoms with Crippen LogP contribution in [-0.4, -0.2) is 38.4 Å². The highest BCUT2D eigenvalue weighted by molar-refractivity contribution is 5.94. The first-order chi connectivity index (χ1) is 14.5. The molecule has 0 spiro atoms. The van der Waals surface area contributed by atoms with E-state index in [1.54, 1.807) is 19.2 Å². The molecule has 158 valence electrons. The predicted octanol–water partition coefficient (Wildman–Crippen LogP) is 3.91. The number of hydrogen-bond acceptors (Lipinski definition) is 7. The molecule has 0 amide bonds. The lowest BCUT2D eigenvalue weighted by Gasteiger charge is -2.22. The van der Waals surface area contributed by atoms with E-state index < -0.39 is 5.60 Å². The molecule has 0 saturated heterocycles. The molecule has 4 rings (SSSR count).